The summed E-state index contributed by atoms with van der Waals surface area (Å²) in [7, 11) is 1.61. The summed E-state index contributed by atoms with van der Waals surface area (Å²) in [5.41, 5.74) is 4.88. The summed E-state index contributed by atoms with van der Waals surface area (Å²) in [4.78, 5) is 26.6. The summed E-state index contributed by atoms with van der Waals surface area (Å²) in [6.45, 7) is 7.52. The first-order chi connectivity index (χ1) is 17.9. The van der Waals surface area contributed by atoms with Crippen LogP contribution in [0.5, 0.6) is 5.75 Å². The standard InChI is InChI=1S/C29H31N3O5/c1-6-36-28(33)24-18(3)30-19(4)25(29(34)37-7-2)26(24)23-17-32(21-11-9-8-10-12-21)31-27(23)20-13-15-22(35-5)16-14-20/h8-17,26,30H,6-7H2,1-5H3. The van der Waals surface area contributed by atoms with Gasteiger partial charge in [0.25, 0.3) is 0 Å². The average Bonchev–Trinajstić information content (AvgIpc) is 3.34. The molecule has 192 valence electrons. The van der Waals surface area contributed by atoms with Crippen LogP contribution in [0.25, 0.3) is 16.9 Å². The predicted molar refractivity (Wildman–Crippen MR) is 140 cm³/mol. The van der Waals surface area contributed by atoms with Crippen LogP contribution in [-0.2, 0) is 19.1 Å². The van der Waals surface area contributed by atoms with E-state index in [1.807, 2.05) is 60.8 Å². The van der Waals surface area contributed by atoms with Gasteiger partial charge in [-0.1, -0.05) is 18.2 Å². The van der Waals surface area contributed by atoms with Crippen molar-refractivity contribution in [1.29, 1.82) is 0 Å². The molecule has 0 aliphatic carbocycles. The molecule has 0 saturated heterocycles. The number of hydrogen-bond acceptors (Lipinski definition) is 7. The summed E-state index contributed by atoms with van der Waals surface area (Å²) in [6, 6.07) is 17.2. The number of para-hydroxylation sites is 1. The van der Waals surface area contributed by atoms with Gasteiger partial charge in [-0.05, 0) is 64.1 Å². The molecule has 0 radical (unpaired) electrons. The minimum absolute atomic E-state index is 0.203. The third-order valence-electron chi connectivity index (χ3n) is 6.19. The number of carbonyl (C=O) groups excluding carboxylic acids is 2. The number of hydrogen-bond donors (Lipinski definition) is 1. The lowest BCUT2D eigenvalue weighted by molar-refractivity contribution is -0.139. The Hall–Kier alpha value is -4.33. The molecule has 37 heavy (non-hydrogen) atoms. The summed E-state index contributed by atoms with van der Waals surface area (Å²) in [5.74, 6) is -1.05. The average molecular weight is 502 g/mol. The van der Waals surface area contributed by atoms with E-state index in [2.05, 4.69) is 5.32 Å². The van der Waals surface area contributed by atoms with E-state index in [9.17, 15) is 9.59 Å². The van der Waals surface area contributed by atoms with Crippen molar-refractivity contribution in [2.24, 2.45) is 0 Å². The third kappa shape index (κ3) is 5.14. The van der Waals surface area contributed by atoms with E-state index in [0.717, 1.165) is 11.3 Å². The smallest absolute Gasteiger partial charge is 0.336 e. The van der Waals surface area contributed by atoms with Gasteiger partial charge in [0.05, 0.1) is 48.8 Å². The number of rotatable bonds is 8. The first-order valence-corrected chi connectivity index (χ1v) is 12.2. The highest BCUT2D eigenvalue weighted by Crippen LogP contribution is 2.43. The predicted octanol–water partition coefficient (Wildman–Crippen LogP) is 4.91. The van der Waals surface area contributed by atoms with Gasteiger partial charge >= 0.3 is 11.9 Å². The van der Waals surface area contributed by atoms with Crippen LogP contribution in [0.15, 0.2) is 83.3 Å². The topological polar surface area (TPSA) is 91.7 Å². The lowest BCUT2D eigenvalue weighted by Gasteiger charge is -2.30. The number of allylic oxidation sites excluding steroid dienone is 2. The number of aromatic nitrogens is 2. The normalized spacial score (nSPS) is 13.9. The molecule has 1 aliphatic rings. The number of carbonyl (C=O) groups is 2. The second kappa shape index (κ2) is 11.2. The van der Waals surface area contributed by atoms with E-state index in [1.54, 1.807) is 39.5 Å². The van der Waals surface area contributed by atoms with E-state index in [4.69, 9.17) is 19.3 Å². The van der Waals surface area contributed by atoms with Crippen molar-refractivity contribution in [1.82, 2.24) is 15.1 Å². The van der Waals surface area contributed by atoms with Crippen molar-refractivity contribution in [3.05, 3.63) is 88.9 Å². The quantitative estimate of drug-likeness (QED) is 0.439. The number of nitrogens with zero attached hydrogens (tertiary/aromatic N) is 2. The SMILES string of the molecule is CCOC(=O)C1=C(C)NC(C)=C(C(=O)OCC)C1c1cn(-c2ccccc2)nc1-c1ccc(OC)cc1. The fraction of sp³-hybridized carbons (Fsp3) is 0.276. The molecular formula is C29H31N3O5. The Morgan fingerprint density at radius 1 is 0.892 bits per heavy atom. The Morgan fingerprint density at radius 3 is 1.97 bits per heavy atom. The van der Waals surface area contributed by atoms with Crippen LogP contribution in [-0.4, -0.2) is 42.0 Å². The zero-order valence-electron chi connectivity index (χ0n) is 21.7. The zero-order chi connectivity index (χ0) is 26.5. The van der Waals surface area contributed by atoms with Gasteiger partial charge in [-0.25, -0.2) is 14.3 Å². The molecule has 0 amide bonds. The molecule has 3 aromatic rings. The first kappa shape index (κ1) is 25.8. The molecule has 1 N–H and O–H groups in total. The van der Waals surface area contributed by atoms with E-state index >= 15 is 0 Å². The molecule has 0 spiro atoms. The van der Waals surface area contributed by atoms with E-state index in [1.165, 1.54) is 0 Å². The molecule has 0 bridgehead atoms. The van der Waals surface area contributed by atoms with Crippen LogP contribution in [0.4, 0.5) is 0 Å². The molecule has 2 aromatic carbocycles. The van der Waals surface area contributed by atoms with Crippen LogP contribution < -0.4 is 10.1 Å². The van der Waals surface area contributed by atoms with Gasteiger partial charge < -0.3 is 19.5 Å². The van der Waals surface area contributed by atoms with Crippen LogP contribution >= 0.6 is 0 Å². The number of nitrogens with one attached hydrogen (secondary N) is 1. The number of benzene rings is 2. The molecular weight excluding hydrogens is 470 g/mol. The fourth-order valence-electron chi connectivity index (χ4n) is 4.55. The first-order valence-electron chi connectivity index (χ1n) is 12.2. The number of methoxy groups -OCH3 is 1. The lowest BCUT2D eigenvalue weighted by atomic mass is 9.79. The molecule has 8 nitrogen and oxygen atoms in total. The van der Waals surface area contributed by atoms with Gasteiger partial charge in [0.15, 0.2) is 0 Å². The maximum absolute atomic E-state index is 13.3. The van der Waals surface area contributed by atoms with Gasteiger partial charge in [-0.15, -0.1) is 0 Å². The van der Waals surface area contributed by atoms with Gasteiger partial charge in [-0.2, -0.15) is 5.10 Å². The van der Waals surface area contributed by atoms with Crippen molar-refractivity contribution in [2.75, 3.05) is 20.3 Å². The highest BCUT2D eigenvalue weighted by molar-refractivity contribution is 6.00. The number of esters is 2. The van der Waals surface area contributed by atoms with E-state index in [0.29, 0.717) is 39.5 Å². The van der Waals surface area contributed by atoms with E-state index < -0.39 is 17.9 Å². The Kier molecular flexibility index (Phi) is 7.77. The molecule has 0 fully saturated rings. The minimum Gasteiger partial charge on any atom is -0.497 e. The van der Waals surface area contributed by atoms with Crippen molar-refractivity contribution in [2.45, 2.75) is 33.6 Å². The largest absolute Gasteiger partial charge is 0.497 e. The Morgan fingerprint density at radius 2 is 1.46 bits per heavy atom. The second-order valence-corrected chi connectivity index (χ2v) is 8.52. The minimum atomic E-state index is -0.756. The molecule has 1 aromatic heterocycles. The maximum Gasteiger partial charge on any atom is 0.336 e. The summed E-state index contributed by atoms with van der Waals surface area (Å²) >= 11 is 0. The zero-order valence-corrected chi connectivity index (χ0v) is 21.7. The molecule has 4 rings (SSSR count). The van der Waals surface area contributed by atoms with E-state index in [-0.39, 0.29) is 13.2 Å². The highest BCUT2D eigenvalue weighted by atomic mass is 16.5. The van der Waals surface area contributed by atoms with Crippen LogP contribution in [0.2, 0.25) is 0 Å². The van der Waals surface area contributed by atoms with Crippen molar-refractivity contribution < 1.29 is 23.8 Å². The second-order valence-electron chi connectivity index (χ2n) is 8.52. The van der Waals surface area contributed by atoms with Gasteiger partial charge in [0.1, 0.15) is 5.75 Å². The van der Waals surface area contributed by atoms with Crippen molar-refractivity contribution in [3.63, 3.8) is 0 Å². The van der Waals surface area contributed by atoms with Crippen LogP contribution in [0.3, 0.4) is 0 Å². The lowest BCUT2D eigenvalue weighted by Crippen LogP contribution is -2.32. The van der Waals surface area contributed by atoms with Gasteiger partial charge in [0.2, 0.25) is 0 Å². The molecule has 8 heteroatoms. The van der Waals surface area contributed by atoms with Crippen LogP contribution in [0, 0.1) is 0 Å². The summed E-state index contributed by atoms with van der Waals surface area (Å²) in [6.07, 6.45) is 1.86. The Balaban J connectivity index is 2.00. The monoisotopic (exact) mass is 501 g/mol. The molecule has 0 unspecified atom stereocenters. The molecule has 1 aliphatic heterocycles. The Bertz CT molecular complexity index is 1310. The van der Waals surface area contributed by atoms with Gasteiger partial charge in [0, 0.05) is 28.7 Å². The molecule has 0 saturated carbocycles. The van der Waals surface area contributed by atoms with Gasteiger partial charge in [-0.3, -0.25) is 0 Å². The summed E-state index contributed by atoms with van der Waals surface area (Å²) in [5, 5.41) is 8.10. The van der Waals surface area contributed by atoms with Crippen LogP contribution in [0.1, 0.15) is 39.2 Å². The molecule has 2 heterocycles. The maximum atomic E-state index is 13.3. The van der Waals surface area contributed by atoms with Crippen molar-refractivity contribution >= 4 is 11.9 Å². The Labute approximate surface area is 216 Å². The third-order valence-corrected chi connectivity index (χ3v) is 6.19. The summed E-state index contributed by atoms with van der Waals surface area (Å²) < 4.78 is 18.0. The number of dihydropyridines is 1. The fourth-order valence-corrected chi connectivity index (χ4v) is 4.55. The molecule has 0 atom stereocenters. The number of ether oxygens (including phenoxy) is 3. The van der Waals surface area contributed by atoms with Crippen molar-refractivity contribution in [3.8, 4) is 22.7 Å². The highest BCUT2D eigenvalue weighted by Gasteiger charge is 2.40.